The Morgan fingerprint density at radius 2 is 1.88 bits per heavy atom. The molecule has 32 heavy (non-hydrogen) atoms. The number of H-pyrrole nitrogens is 1. The van der Waals surface area contributed by atoms with Crippen LogP contribution in [0, 0.1) is 0 Å². The van der Waals surface area contributed by atoms with Crippen LogP contribution in [-0.2, 0) is 12.6 Å². The van der Waals surface area contributed by atoms with Crippen molar-refractivity contribution >= 4 is 17.5 Å². The van der Waals surface area contributed by atoms with Crippen molar-refractivity contribution in [3.8, 4) is 16.9 Å². The summed E-state index contributed by atoms with van der Waals surface area (Å²) in [6.07, 6.45) is -0.775. The molecule has 0 aliphatic rings. The Morgan fingerprint density at radius 3 is 2.53 bits per heavy atom. The van der Waals surface area contributed by atoms with Crippen LogP contribution in [0.2, 0.25) is 5.02 Å². The van der Waals surface area contributed by atoms with E-state index < -0.39 is 11.9 Å². The molecule has 0 saturated heterocycles. The third kappa shape index (κ3) is 4.67. The zero-order valence-corrected chi connectivity index (χ0v) is 17.3. The van der Waals surface area contributed by atoms with E-state index in [-0.39, 0.29) is 16.6 Å². The summed E-state index contributed by atoms with van der Waals surface area (Å²) in [5.41, 5.74) is 1.24. The van der Waals surface area contributed by atoms with Gasteiger partial charge in [0.1, 0.15) is 0 Å². The molecule has 6 nitrogen and oxygen atoms in total. The molecule has 0 aliphatic carbocycles. The van der Waals surface area contributed by atoms with E-state index in [9.17, 15) is 18.0 Å². The quantitative estimate of drug-likeness (QED) is 0.430. The van der Waals surface area contributed by atoms with Crippen LogP contribution in [0.25, 0.3) is 16.9 Å². The minimum Gasteiger partial charge on any atom is -0.352 e. The number of halogens is 4. The van der Waals surface area contributed by atoms with Crippen molar-refractivity contribution in [3.05, 3.63) is 89.1 Å². The Kier molecular flexibility index (Phi) is 6.00. The highest BCUT2D eigenvalue weighted by Crippen LogP contribution is 2.34. The summed E-state index contributed by atoms with van der Waals surface area (Å²) in [5, 5.41) is 6.79. The number of aromatic amines is 1. The van der Waals surface area contributed by atoms with Crippen LogP contribution >= 0.6 is 11.6 Å². The molecule has 1 amide bonds. The number of para-hydroxylation sites is 1. The van der Waals surface area contributed by atoms with E-state index in [1.165, 1.54) is 0 Å². The topological polar surface area (TPSA) is 75.6 Å². The second kappa shape index (κ2) is 8.88. The molecule has 10 heteroatoms. The fraction of sp³-hybridized carbons (Fsp3) is 0.136. The van der Waals surface area contributed by atoms with Gasteiger partial charge in [-0.05, 0) is 30.3 Å². The van der Waals surface area contributed by atoms with Crippen molar-refractivity contribution in [1.29, 1.82) is 0 Å². The van der Waals surface area contributed by atoms with Crippen molar-refractivity contribution in [2.24, 2.45) is 0 Å². The monoisotopic (exact) mass is 459 g/mol. The zero-order valence-electron chi connectivity index (χ0n) is 16.5. The molecule has 0 saturated carbocycles. The predicted octanol–water partition coefficient (Wildman–Crippen LogP) is 4.91. The number of rotatable bonds is 6. The van der Waals surface area contributed by atoms with Gasteiger partial charge in [0.05, 0.1) is 22.7 Å². The highest BCUT2D eigenvalue weighted by Gasteiger charge is 2.35. The van der Waals surface area contributed by atoms with E-state index in [0.717, 1.165) is 16.4 Å². The third-order valence-corrected chi connectivity index (χ3v) is 5.08. The van der Waals surface area contributed by atoms with Gasteiger partial charge in [-0.2, -0.15) is 18.3 Å². The van der Waals surface area contributed by atoms with Crippen molar-refractivity contribution in [1.82, 2.24) is 25.1 Å². The normalized spacial score (nSPS) is 11.5. The molecule has 2 aromatic carbocycles. The first-order valence-corrected chi connectivity index (χ1v) is 9.99. The molecule has 2 aromatic heterocycles. The summed E-state index contributed by atoms with van der Waals surface area (Å²) < 4.78 is 41.2. The average Bonchev–Trinajstić information content (AvgIpc) is 3.44. The van der Waals surface area contributed by atoms with Crippen molar-refractivity contribution in [2.45, 2.75) is 12.6 Å². The lowest BCUT2D eigenvalue weighted by molar-refractivity contribution is -0.141. The van der Waals surface area contributed by atoms with E-state index in [1.807, 2.05) is 0 Å². The number of amides is 1. The van der Waals surface area contributed by atoms with Gasteiger partial charge in [-0.15, -0.1) is 0 Å². The Hall–Kier alpha value is -3.59. The van der Waals surface area contributed by atoms with Crippen LogP contribution in [0.5, 0.6) is 0 Å². The van der Waals surface area contributed by atoms with E-state index in [4.69, 9.17) is 11.6 Å². The van der Waals surface area contributed by atoms with Gasteiger partial charge in [0.2, 0.25) is 0 Å². The molecule has 0 atom stereocenters. The molecule has 4 rings (SSSR count). The fourth-order valence-electron chi connectivity index (χ4n) is 3.16. The van der Waals surface area contributed by atoms with Gasteiger partial charge in [-0.25, -0.2) is 9.67 Å². The lowest BCUT2D eigenvalue weighted by atomic mass is 10.1. The summed E-state index contributed by atoms with van der Waals surface area (Å²) in [6.45, 7) is 0.414. The van der Waals surface area contributed by atoms with Crippen LogP contribution in [0.15, 0.2) is 67.1 Å². The number of carbonyl (C=O) groups is 1. The second-order valence-corrected chi connectivity index (χ2v) is 7.34. The van der Waals surface area contributed by atoms with E-state index >= 15 is 0 Å². The van der Waals surface area contributed by atoms with Gasteiger partial charge in [-0.1, -0.05) is 35.9 Å². The smallest absolute Gasteiger partial charge is 0.352 e. The van der Waals surface area contributed by atoms with Gasteiger partial charge in [-0.3, -0.25) is 4.79 Å². The lowest BCUT2D eigenvalue weighted by Crippen LogP contribution is -2.25. The molecular weight excluding hydrogens is 443 g/mol. The summed E-state index contributed by atoms with van der Waals surface area (Å²) in [6, 6.07) is 13.7. The number of nitrogens with one attached hydrogen (secondary N) is 2. The minimum absolute atomic E-state index is 0.205. The van der Waals surface area contributed by atoms with Crippen LogP contribution in [-0.4, -0.2) is 32.2 Å². The number of imidazole rings is 1. The van der Waals surface area contributed by atoms with E-state index in [0.29, 0.717) is 29.8 Å². The Balaban J connectivity index is 1.58. The van der Waals surface area contributed by atoms with Crippen LogP contribution in [0.4, 0.5) is 13.2 Å². The van der Waals surface area contributed by atoms with Crippen molar-refractivity contribution in [2.75, 3.05) is 6.54 Å². The summed E-state index contributed by atoms with van der Waals surface area (Å²) in [7, 11) is 0. The van der Waals surface area contributed by atoms with E-state index in [2.05, 4.69) is 20.4 Å². The summed E-state index contributed by atoms with van der Waals surface area (Å²) in [4.78, 5) is 19.2. The molecule has 164 valence electrons. The van der Waals surface area contributed by atoms with Crippen molar-refractivity contribution < 1.29 is 18.0 Å². The molecule has 4 aromatic rings. The molecule has 0 radical (unpaired) electrons. The molecule has 0 spiro atoms. The second-order valence-electron chi connectivity index (χ2n) is 6.94. The summed E-state index contributed by atoms with van der Waals surface area (Å²) in [5.74, 6) is -0.286. The largest absolute Gasteiger partial charge is 0.435 e. The first kappa shape index (κ1) is 21.6. The molecule has 0 fully saturated rings. The van der Waals surface area contributed by atoms with E-state index in [1.54, 1.807) is 61.1 Å². The summed E-state index contributed by atoms with van der Waals surface area (Å²) >= 11 is 6.19. The maximum atomic E-state index is 13.3. The maximum Gasteiger partial charge on any atom is 0.435 e. The van der Waals surface area contributed by atoms with Crippen LogP contribution < -0.4 is 5.32 Å². The van der Waals surface area contributed by atoms with Gasteiger partial charge >= 0.3 is 6.18 Å². The van der Waals surface area contributed by atoms with Gasteiger partial charge < -0.3 is 10.3 Å². The predicted molar refractivity (Wildman–Crippen MR) is 114 cm³/mol. The number of benzene rings is 2. The fourth-order valence-corrected chi connectivity index (χ4v) is 3.37. The number of nitrogens with zero attached hydrogens (tertiary/aromatic N) is 3. The van der Waals surface area contributed by atoms with Gasteiger partial charge in [0.15, 0.2) is 5.69 Å². The minimum atomic E-state index is -4.62. The first-order chi connectivity index (χ1) is 15.3. The molecule has 0 unspecified atom stereocenters. The molecule has 0 aliphatic heterocycles. The highest BCUT2D eigenvalue weighted by molar-refractivity contribution is 6.32. The third-order valence-electron chi connectivity index (χ3n) is 4.76. The molecular formula is C22H17ClF3N5O. The SMILES string of the molecule is O=C(NCCc1cnc[nH]1)c1ccc(-c2cc(C(F)(F)F)nn2-c2ccccc2Cl)cc1. The standard InChI is InChI=1S/C22H17ClF3N5O/c23-17-3-1-2-4-18(17)31-19(11-20(30-31)22(24,25)26)14-5-7-15(8-6-14)21(32)28-10-9-16-12-27-13-29-16/h1-8,11-13H,9-10H2,(H,27,29)(H,28,32). The van der Waals surface area contributed by atoms with Crippen LogP contribution in [0.3, 0.4) is 0 Å². The van der Waals surface area contributed by atoms with Crippen LogP contribution in [0.1, 0.15) is 21.7 Å². The average molecular weight is 460 g/mol. The van der Waals surface area contributed by atoms with Crippen molar-refractivity contribution in [3.63, 3.8) is 0 Å². The number of aromatic nitrogens is 4. The highest BCUT2D eigenvalue weighted by atomic mass is 35.5. The number of alkyl halides is 3. The Morgan fingerprint density at radius 1 is 1.12 bits per heavy atom. The Bertz CT molecular complexity index is 1220. The molecule has 0 bridgehead atoms. The first-order valence-electron chi connectivity index (χ1n) is 9.61. The Labute approximate surface area is 186 Å². The maximum absolute atomic E-state index is 13.3. The molecule has 2 N–H and O–H groups in total. The lowest BCUT2D eigenvalue weighted by Gasteiger charge is -2.10. The van der Waals surface area contributed by atoms with Gasteiger partial charge in [0.25, 0.3) is 5.91 Å². The number of hydrogen-bond donors (Lipinski definition) is 2. The number of hydrogen-bond acceptors (Lipinski definition) is 3. The molecule has 2 heterocycles. The zero-order chi connectivity index (χ0) is 22.7. The number of carbonyl (C=O) groups excluding carboxylic acids is 1. The van der Waals surface area contributed by atoms with Gasteiger partial charge in [0, 0.05) is 36.0 Å².